The number of hydrogen-bond donors (Lipinski definition) is 1. The molecular weight excluding hydrogens is 382 g/mol. The molecule has 0 radical (unpaired) electrons. The highest BCUT2D eigenvalue weighted by Crippen LogP contribution is 2.36. The predicted molar refractivity (Wildman–Crippen MR) is 114 cm³/mol. The summed E-state index contributed by atoms with van der Waals surface area (Å²) in [4.78, 5) is 12.2. The zero-order valence-electron chi connectivity index (χ0n) is 17.0. The minimum absolute atomic E-state index is 0.212. The molecule has 0 unspecified atom stereocenters. The summed E-state index contributed by atoms with van der Waals surface area (Å²) in [5.41, 5.74) is 3.78. The smallest absolute Gasteiger partial charge is 0.411 e. The lowest BCUT2D eigenvalue weighted by atomic mass is 10.1. The molecule has 1 amide bonds. The number of amides is 1. The van der Waals surface area contributed by atoms with Crippen LogP contribution in [0.25, 0.3) is 22.2 Å². The number of benzene rings is 2. The Bertz CT molecular complexity index is 1120. The van der Waals surface area contributed by atoms with Crippen LogP contribution in [0.5, 0.6) is 5.75 Å². The van der Waals surface area contributed by atoms with E-state index in [1.807, 2.05) is 43.3 Å². The van der Waals surface area contributed by atoms with Gasteiger partial charge in [0.25, 0.3) is 0 Å². The van der Waals surface area contributed by atoms with Gasteiger partial charge in [-0.05, 0) is 31.2 Å². The molecule has 1 aromatic heterocycles. The van der Waals surface area contributed by atoms with Gasteiger partial charge in [-0.1, -0.05) is 12.1 Å². The standard InChI is InChI=1S/C23H23N3O4/c1-3-26-21-12-17(28-2)7-8-19(21)20(13-24)22(26)15-5-4-6-16(11-15)25-23(27)30-18-9-10-29-14-18/h4-8,11-12,18H,3,9-10,14H2,1-2H3,(H,25,27)/t18-/m1/s1. The number of aromatic nitrogens is 1. The van der Waals surface area contributed by atoms with E-state index in [1.165, 1.54) is 0 Å². The lowest BCUT2D eigenvalue weighted by molar-refractivity contribution is 0.0932. The quantitative estimate of drug-likeness (QED) is 0.673. The van der Waals surface area contributed by atoms with Crippen molar-refractivity contribution in [3.63, 3.8) is 0 Å². The van der Waals surface area contributed by atoms with Crippen molar-refractivity contribution in [2.45, 2.75) is 26.0 Å². The summed E-state index contributed by atoms with van der Waals surface area (Å²) in [7, 11) is 1.62. The van der Waals surface area contributed by atoms with Gasteiger partial charge in [0.1, 0.15) is 17.9 Å². The monoisotopic (exact) mass is 405 g/mol. The third kappa shape index (κ3) is 3.70. The molecule has 1 saturated heterocycles. The highest BCUT2D eigenvalue weighted by Gasteiger charge is 2.21. The van der Waals surface area contributed by atoms with E-state index >= 15 is 0 Å². The first-order valence-corrected chi connectivity index (χ1v) is 9.90. The molecular formula is C23H23N3O4. The number of anilines is 1. The first kappa shape index (κ1) is 19.8. The zero-order valence-corrected chi connectivity index (χ0v) is 17.0. The van der Waals surface area contributed by atoms with Gasteiger partial charge >= 0.3 is 6.09 Å². The zero-order chi connectivity index (χ0) is 21.1. The van der Waals surface area contributed by atoms with E-state index in [0.29, 0.717) is 37.4 Å². The van der Waals surface area contributed by atoms with Crippen molar-refractivity contribution >= 4 is 22.7 Å². The van der Waals surface area contributed by atoms with E-state index in [9.17, 15) is 10.1 Å². The number of ether oxygens (including phenoxy) is 3. The molecule has 1 aliphatic rings. The van der Waals surface area contributed by atoms with Gasteiger partial charge in [0.15, 0.2) is 0 Å². The number of carbonyl (C=O) groups excluding carboxylic acids is 1. The molecule has 4 rings (SSSR count). The van der Waals surface area contributed by atoms with E-state index in [2.05, 4.69) is 16.0 Å². The molecule has 0 bridgehead atoms. The maximum Gasteiger partial charge on any atom is 0.411 e. The number of nitriles is 1. The first-order chi connectivity index (χ1) is 14.6. The minimum Gasteiger partial charge on any atom is -0.497 e. The fourth-order valence-corrected chi connectivity index (χ4v) is 3.85. The summed E-state index contributed by atoms with van der Waals surface area (Å²) in [5, 5.41) is 13.5. The van der Waals surface area contributed by atoms with Crippen molar-refractivity contribution in [1.29, 1.82) is 5.26 Å². The van der Waals surface area contributed by atoms with Crippen LogP contribution < -0.4 is 10.1 Å². The summed E-state index contributed by atoms with van der Waals surface area (Å²) >= 11 is 0. The Morgan fingerprint density at radius 3 is 2.90 bits per heavy atom. The van der Waals surface area contributed by atoms with Crippen molar-refractivity contribution in [2.75, 3.05) is 25.6 Å². The molecule has 1 N–H and O–H groups in total. The van der Waals surface area contributed by atoms with Crippen LogP contribution in [0.15, 0.2) is 42.5 Å². The minimum atomic E-state index is -0.510. The Labute approximate surface area is 174 Å². The molecule has 2 aromatic carbocycles. The second kappa shape index (κ2) is 8.47. The molecule has 7 heteroatoms. The third-order valence-corrected chi connectivity index (χ3v) is 5.24. The van der Waals surface area contributed by atoms with E-state index in [0.717, 1.165) is 27.9 Å². The summed E-state index contributed by atoms with van der Waals surface area (Å²) in [6, 6.07) is 15.5. The molecule has 1 fully saturated rings. The van der Waals surface area contributed by atoms with Crippen LogP contribution in [0.3, 0.4) is 0 Å². The van der Waals surface area contributed by atoms with Crippen LogP contribution >= 0.6 is 0 Å². The molecule has 7 nitrogen and oxygen atoms in total. The van der Waals surface area contributed by atoms with Crippen LogP contribution in [0.4, 0.5) is 10.5 Å². The Morgan fingerprint density at radius 2 is 2.20 bits per heavy atom. The Balaban J connectivity index is 1.70. The van der Waals surface area contributed by atoms with Gasteiger partial charge in [-0.25, -0.2) is 4.79 Å². The molecule has 0 aliphatic carbocycles. The number of rotatable bonds is 5. The van der Waals surface area contributed by atoms with Gasteiger partial charge in [-0.15, -0.1) is 0 Å². The number of methoxy groups -OCH3 is 1. The molecule has 1 atom stereocenters. The molecule has 154 valence electrons. The molecule has 0 spiro atoms. The second-order valence-electron chi connectivity index (χ2n) is 7.06. The number of nitrogens with one attached hydrogen (secondary N) is 1. The van der Waals surface area contributed by atoms with Crippen LogP contribution in [0.2, 0.25) is 0 Å². The van der Waals surface area contributed by atoms with E-state index in [-0.39, 0.29) is 6.10 Å². The van der Waals surface area contributed by atoms with Gasteiger partial charge in [-0.3, -0.25) is 5.32 Å². The van der Waals surface area contributed by atoms with Crippen LogP contribution in [0, 0.1) is 11.3 Å². The third-order valence-electron chi connectivity index (χ3n) is 5.24. The van der Waals surface area contributed by atoms with Gasteiger partial charge < -0.3 is 18.8 Å². The fraction of sp³-hybridized carbons (Fsp3) is 0.304. The second-order valence-corrected chi connectivity index (χ2v) is 7.06. The number of fused-ring (bicyclic) bond motifs is 1. The van der Waals surface area contributed by atoms with Gasteiger partial charge in [0.2, 0.25) is 0 Å². The van der Waals surface area contributed by atoms with Crippen molar-refractivity contribution in [3.05, 3.63) is 48.0 Å². The van der Waals surface area contributed by atoms with Crippen LogP contribution in [0.1, 0.15) is 18.9 Å². The van der Waals surface area contributed by atoms with E-state index < -0.39 is 6.09 Å². The average molecular weight is 405 g/mol. The summed E-state index contributed by atoms with van der Waals surface area (Å²) < 4.78 is 18.1. The van der Waals surface area contributed by atoms with Crippen molar-refractivity contribution in [3.8, 4) is 23.1 Å². The number of carbonyl (C=O) groups is 1. The normalized spacial score (nSPS) is 15.7. The topological polar surface area (TPSA) is 85.5 Å². The van der Waals surface area contributed by atoms with Crippen LogP contribution in [-0.2, 0) is 16.0 Å². The predicted octanol–water partition coefficient (Wildman–Crippen LogP) is 4.55. The van der Waals surface area contributed by atoms with Crippen molar-refractivity contribution < 1.29 is 19.0 Å². The molecule has 30 heavy (non-hydrogen) atoms. The molecule has 0 saturated carbocycles. The molecule has 2 heterocycles. The summed E-state index contributed by atoms with van der Waals surface area (Å²) in [5.74, 6) is 0.736. The summed E-state index contributed by atoms with van der Waals surface area (Å²) in [6.07, 6.45) is -0.0149. The number of aryl methyl sites for hydroxylation is 1. The van der Waals surface area contributed by atoms with Crippen molar-refractivity contribution in [1.82, 2.24) is 4.57 Å². The van der Waals surface area contributed by atoms with Crippen LogP contribution in [-0.4, -0.2) is 37.1 Å². The average Bonchev–Trinajstić information content (AvgIpc) is 3.38. The highest BCUT2D eigenvalue weighted by atomic mass is 16.6. The lowest BCUT2D eigenvalue weighted by Crippen LogP contribution is -2.22. The molecule has 3 aromatic rings. The number of hydrogen-bond acceptors (Lipinski definition) is 5. The van der Waals surface area contributed by atoms with E-state index in [4.69, 9.17) is 14.2 Å². The summed E-state index contributed by atoms with van der Waals surface area (Å²) in [6.45, 7) is 3.75. The SMILES string of the molecule is CCn1c(-c2cccc(NC(=O)O[C@@H]3CCOC3)c2)c(C#N)c2ccc(OC)cc21. The molecule has 1 aliphatic heterocycles. The van der Waals surface area contributed by atoms with Gasteiger partial charge in [0.05, 0.1) is 37.1 Å². The van der Waals surface area contributed by atoms with E-state index in [1.54, 1.807) is 13.2 Å². The maximum absolute atomic E-state index is 12.2. The Hall–Kier alpha value is -3.50. The maximum atomic E-state index is 12.2. The Morgan fingerprint density at radius 1 is 1.33 bits per heavy atom. The lowest BCUT2D eigenvalue weighted by Gasteiger charge is -2.13. The largest absolute Gasteiger partial charge is 0.497 e. The van der Waals surface area contributed by atoms with Crippen molar-refractivity contribution in [2.24, 2.45) is 0 Å². The van der Waals surface area contributed by atoms with Gasteiger partial charge in [0, 0.05) is 35.7 Å². The number of nitrogens with zero attached hydrogens (tertiary/aromatic N) is 2. The fourth-order valence-electron chi connectivity index (χ4n) is 3.85. The first-order valence-electron chi connectivity index (χ1n) is 9.90. The highest BCUT2D eigenvalue weighted by molar-refractivity contribution is 5.96. The Kier molecular flexibility index (Phi) is 5.59. The van der Waals surface area contributed by atoms with Gasteiger partial charge in [-0.2, -0.15) is 5.26 Å².